The molecule has 0 bridgehead atoms. The molecule has 0 saturated heterocycles. The van der Waals surface area contributed by atoms with Crippen molar-refractivity contribution in [3.8, 4) is 53.3 Å². The van der Waals surface area contributed by atoms with Crippen molar-refractivity contribution in [3.63, 3.8) is 0 Å². The van der Waals surface area contributed by atoms with Crippen LogP contribution in [0, 0.1) is 23.7 Å². The molecule has 0 radical (unpaired) electrons. The Bertz CT molecular complexity index is 2010. The maximum Gasteiger partial charge on any atom is 0.400 e. The topological polar surface area (TPSA) is 44.2 Å². The number of halogens is 4. The molecule has 0 unspecified atom stereocenters. The van der Waals surface area contributed by atoms with Gasteiger partial charge in [-0.25, -0.2) is 0 Å². The van der Waals surface area contributed by atoms with Crippen molar-refractivity contribution in [3.05, 3.63) is 84.9 Å². The number of alkyl halides is 4. The lowest BCUT2D eigenvalue weighted by Gasteiger charge is -2.32. The van der Waals surface area contributed by atoms with Crippen LogP contribution in [0.1, 0.15) is 65.2 Å². The summed E-state index contributed by atoms with van der Waals surface area (Å²) in [7, 11) is 0. The van der Waals surface area contributed by atoms with Crippen LogP contribution in [0.4, 0.5) is 17.6 Å². The second-order valence-corrected chi connectivity index (χ2v) is 17.4. The van der Waals surface area contributed by atoms with Crippen LogP contribution < -0.4 is 9.47 Å². The highest BCUT2D eigenvalue weighted by molar-refractivity contribution is 7.19. The monoisotopic (exact) mass is 776 g/mol. The lowest BCUT2D eigenvalue weighted by Crippen LogP contribution is -2.36. The molecule has 4 nitrogen and oxygen atoms in total. The normalized spacial score (nSPS) is 21.2. The average Bonchev–Trinajstić information content (AvgIpc) is 3.94. The molecule has 3 aromatic heterocycles. The summed E-state index contributed by atoms with van der Waals surface area (Å²) in [6.45, 7) is 4.23. The largest absolute Gasteiger partial charge is 0.432 e. The Balaban J connectivity index is 0.953. The fourth-order valence-corrected chi connectivity index (χ4v) is 10.2. The summed E-state index contributed by atoms with van der Waals surface area (Å²) in [5.41, 5.74) is 5.42. The summed E-state index contributed by atoms with van der Waals surface area (Å²) >= 11 is 4.38. The van der Waals surface area contributed by atoms with Gasteiger partial charge in [-0.15, -0.1) is 22.7 Å². The zero-order chi connectivity index (χ0) is 36.7. The van der Waals surface area contributed by atoms with E-state index in [0.717, 1.165) is 78.5 Å². The van der Waals surface area contributed by atoms with Gasteiger partial charge in [-0.05, 0) is 121 Å². The van der Waals surface area contributed by atoms with Crippen LogP contribution in [0.3, 0.4) is 0 Å². The molecular weight excluding hydrogens is 737 g/mol. The first kappa shape index (κ1) is 36.2. The zero-order valence-corrected chi connectivity index (χ0v) is 31.9. The number of hydrogen-bond donors (Lipinski definition) is 0. The lowest BCUT2D eigenvalue weighted by molar-refractivity contribution is -0.223. The van der Waals surface area contributed by atoms with Crippen LogP contribution in [0.25, 0.3) is 52.8 Å². The molecule has 53 heavy (non-hydrogen) atoms. The first-order chi connectivity index (χ1) is 25.5. The smallest absolute Gasteiger partial charge is 0.400 e. The predicted octanol–water partition coefficient (Wildman–Crippen LogP) is 14.1. The van der Waals surface area contributed by atoms with E-state index < -0.39 is 24.1 Å². The zero-order valence-electron chi connectivity index (χ0n) is 29.5. The van der Waals surface area contributed by atoms with Crippen LogP contribution in [0.15, 0.2) is 84.9 Å². The Kier molecular flexibility index (Phi) is 10.1. The molecule has 6 aromatic rings. The van der Waals surface area contributed by atoms with E-state index in [4.69, 9.17) is 9.47 Å². The van der Waals surface area contributed by atoms with Gasteiger partial charge in [0.25, 0.3) is 0 Å². The van der Waals surface area contributed by atoms with Crippen molar-refractivity contribution in [2.45, 2.75) is 77.4 Å². The number of aromatic nitrogens is 2. The van der Waals surface area contributed by atoms with Gasteiger partial charge in [-0.2, -0.15) is 26.3 Å². The van der Waals surface area contributed by atoms with Crippen molar-refractivity contribution in [1.82, 2.24) is 8.75 Å². The summed E-state index contributed by atoms with van der Waals surface area (Å²) in [5, 5.41) is 0. The first-order valence-electron chi connectivity index (χ1n) is 18.3. The minimum absolute atomic E-state index is 0.173. The second-order valence-electron chi connectivity index (χ2n) is 14.7. The molecule has 2 aliphatic carbocycles. The Morgan fingerprint density at radius 3 is 1.23 bits per heavy atom. The van der Waals surface area contributed by atoms with Gasteiger partial charge in [0.05, 0.1) is 23.6 Å². The van der Waals surface area contributed by atoms with Crippen LogP contribution in [-0.4, -0.2) is 21.0 Å². The van der Waals surface area contributed by atoms with Crippen molar-refractivity contribution in [1.29, 1.82) is 0 Å². The molecule has 2 saturated carbocycles. The number of benzene rings is 3. The molecule has 3 aromatic carbocycles. The highest BCUT2D eigenvalue weighted by Gasteiger charge is 2.44. The Labute approximate surface area is 319 Å². The summed E-state index contributed by atoms with van der Waals surface area (Å²) in [6, 6.07) is 26.1. The minimum Gasteiger partial charge on any atom is -0.432 e. The SMILES string of the molecule is CC1CCC(C(F)(F)Oc2ccc(-c3ccc(-c4ccc(-c5ccc(-c6ccc(OC(F)(F)C7CCC(C)CC7)cc6)s5)c5nsnc45)s3)cc2)CC1. The van der Waals surface area contributed by atoms with Crippen LogP contribution in [0.5, 0.6) is 11.5 Å². The molecular formula is C42H40F4N2O2S3. The van der Waals surface area contributed by atoms with Gasteiger partial charge in [-0.1, -0.05) is 51.7 Å². The number of rotatable bonds is 10. The van der Waals surface area contributed by atoms with Gasteiger partial charge in [0.15, 0.2) is 0 Å². The molecule has 0 aliphatic heterocycles. The molecule has 8 rings (SSSR count). The van der Waals surface area contributed by atoms with E-state index in [1.165, 1.54) is 11.7 Å². The van der Waals surface area contributed by atoms with Crippen LogP contribution in [-0.2, 0) is 0 Å². The van der Waals surface area contributed by atoms with E-state index in [9.17, 15) is 17.6 Å². The molecule has 3 heterocycles. The molecule has 0 atom stereocenters. The standard InChI is InChI=1S/C42H40F4N2O2S3/c1-25-3-11-29(12-4-25)41(43,44)49-31-15-7-27(8-16-31)35-21-23-37(51-35)33-19-20-34(40-39(33)47-53-48-40)38-24-22-36(52-38)28-9-17-32(18-10-28)50-42(45,46)30-13-5-26(2)6-14-30/h7-10,15-26,29-30H,3-6,11-14H2,1-2H3. The molecule has 276 valence electrons. The second kappa shape index (κ2) is 14.8. The van der Waals surface area contributed by atoms with E-state index in [-0.39, 0.29) is 11.5 Å². The van der Waals surface area contributed by atoms with E-state index in [1.807, 2.05) is 36.4 Å². The van der Waals surface area contributed by atoms with Crippen molar-refractivity contribution in [2.75, 3.05) is 0 Å². The third-order valence-electron chi connectivity index (χ3n) is 10.9. The number of ether oxygens (including phenoxy) is 2. The van der Waals surface area contributed by atoms with Gasteiger partial charge in [0.2, 0.25) is 0 Å². The number of hydrogen-bond acceptors (Lipinski definition) is 7. The minimum atomic E-state index is -3.18. The molecule has 2 aliphatic rings. The van der Waals surface area contributed by atoms with Gasteiger partial charge in [-0.3, -0.25) is 0 Å². The number of thiophene rings is 2. The van der Waals surface area contributed by atoms with Crippen LogP contribution in [0.2, 0.25) is 0 Å². The summed E-state index contributed by atoms with van der Waals surface area (Å²) < 4.78 is 79.5. The maximum absolute atomic E-state index is 14.9. The molecule has 0 spiro atoms. The highest BCUT2D eigenvalue weighted by atomic mass is 32.1. The van der Waals surface area contributed by atoms with Crippen molar-refractivity contribution < 1.29 is 27.0 Å². The lowest BCUT2D eigenvalue weighted by atomic mass is 9.82. The Morgan fingerprint density at radius 2 is 0.849 bits per heavy atom. The number of fused-ring (bicyclic) bond motifs is 1. The Morgan fingerprint density at radius 1 is 0.491 bits per heavy atom. The highest BCUT2D eigenvalue weighted by Crippen LogP contribution is 2.45. The summed E-state index contributed by atoms with van der Waals surface area (Å²) in [4.78, 5) is 4.07. The Hall–Kier alpha value is -3.80. The molecule has 2 fully saturated rings. The predicted molar refractivity (Wildman–Crippen MR) is 208 cm³/mol. The average molecular weight is 777 g/mol. The van der Waals surface area contributed by atoms with E-state index >= 15 is 0 Å². The third-order valence-corrected chi connectivity index (χ3v) is 13.8. The fraction of sp³-hybridized carbons (Fsp3) is 0.381. The van der Waals surface area contributed by atoms with Crippen LogP contribution >= 0.6 is 34.4 Å². The van der Waals surface area contributed by atoms with Gasteiger partial charge >= 0.3 is 12.2 Å². The van der Waals surface area contributed by atoms with Gasteiger partial charge in [0, 0.05) is 30.6 Å². The van der Waals surface area contributed by atoms with Crippen molar-refractivity contribution in [2.24, 2.45) is 23.7 Å². The third kappa shape index (κ3) is 7.75. The first-order valence-corrected chi connectivity index (χ1v) is 20.7. The van der Waals surface area contributed by atoms with Gasteiger partial charge < -0.3 is 9.47 Å². The quantitative estimate of drug-likeness (QED) is 0.130. The summed E-state index contributed by atoms with van der Waals surface area (Å²) in [6.07, 6.45) is -1.18. The molecule has 0 N–H and O–H groups in total. The van der Waals surface area contributed by atoms with E-state index in [0.29, 0.717) is 37.5 Å². The van der Waals surface area contributed by atoms with Crippen molar-refractivity contribution >= 4 is 45.4 Å². The fourth-order valence-electron chi connectivity index (χ4n) is 7.59. The molecule has 11 heteroatoms. The summed E-state index contributed by atoms with van der Waals surface area (Å²) in [5.74, 6) is -0.165. The molecule has 0 amide bonds. The maximum atomic E-state index is 14.9. The van der Waals surface area contributed by atoms with E-state index in [1.54, 1.807) is 46.9 Å². The van der Waals surface area contributed by atoms with E-state index in [2.05, 4.69) is 46.9 Å². The number of nitrogens with zero attached hydrogens (tertiary/aromatic N) is 2. The van der Waals surface area contributed by atoms with Gasteiger partial charge in [0.1, 0.15) is 22.5 Å².